The van der Waals surface area contributed by atoms with Crippen LogP contribution in [-0.2, 0) is 4.74 Å². The minimum absolute atomic E-state index is 0.444. The van der Waals surface area contributed by atoms with Crippen LogP contribution in [0.2, 0.25) is 0 Å². The fraction of sp³-hybridized carbons (Fsp3) is 1.00. The molecule has 1 rings (SSSR count). The quantitative estimate of drug-likeness (QED) is 0.339. The van der Waals surface area contributed by atoms with Crippen molar-refractivity contribution in [3.05, 3.63) is 0 Å². The average molecular weight is 290 g/mol. The molecule has 1 heterocycles. The Morgan fingerprint density at radius 2 is 1.58 bits per heavy atom. The Morgan fingerprint density at radius 3 is 2.08 bits per heavy atom. The first kappa shape index (κ1) is 10.6. The lowest BCUT2D eigenvalue weighted by molar-refractivity contribution is -0.275. The summed E-state index contributed by atoms with van der Waals surface area (Å²) in [6.45, 7) is 0. The molecule has 0 unspecified atom stereocenters. The van der Waals surface area contributed by atoms with Gasteiger partial charge in [-0.25, -0.2) is 0 Å². The number of alkyl halides is 1. The molecule has 0 aliphatic carbocycles. The van der Waals surface area contributed by atoms with Crippen LogP contribution in [0.1, 0.15) is 0 Å². The van der Waals surface area contributed by atoms with Gasteiger partial charge in [0.25, 0.3) is 0 Å². The second-order valence-corrected chi connectivity index (χ2v) is 3.57. The van der Waals surface area contributed by atoms with E-state index in [1.165, 1.54) is 0 Å². The van der Waals surface area contributed by atoms with Crippen LogP contribution in [0.5, 0.6) is 0 Å². The maximum atomic E-state index is 9.27. The van der Waals surface area contributed by atoms with Crippen LogP contribution in [0.25, 0.3) is 0 Å². The van der Waals surface area contributed by atoms with Gasteiger partial charge >= 0.3 is 0 Å². The van der Waals surface area contributed by atoms with Crippen molar-refractivity contribution in [1.29, 1.82) is 0 Å². The summed E-state index contributed by atoms with van der Waals surface area (Å²) in [5.41, 5.74) is 0. The Balaban J connectivity index is 2.63. The largest absolute Gasteiger partial charge is 0.388 e. The van der Waals surface area contributed by atoms with Crippen LogP contribution in [0.3, 0.4) is 0 Å². The van der Waals surface area contributed by atoms with Gasteiger partial charge < -0.3 is 25.2 Å². The molecule has 6 heteroatoms. The van der Waals surface area contributed by atoms with Crippen LogP contribution in [-0.4, -0.2) is 55.6 Å². The Morgan fingerprint density at radius 1 is 1.00 bits per heavy atom. The molecule has 72 valence electrons. The van der Waals surface area contributed by atoms with Crippen LogP contribution in [0.4, 0.5) is 0 Å². The van der Waals surface area contributed by atoms with Crippen LogP contribution >= 0.6 is 22.6 Å². The molecule has 0 amide bonds. The summed E-state index contributed by atoms with van der Waals surface area (Å²) in [7, 11) is 0. The Bertz CT molecular complexity index is 150. The number of hydrogen-bond donors (Lipinski definition) is 4. The summed E-state index contributed by atoms with van der Waals surface area (Å²) in [6, 6.07) is 0. The molecular weight excluding hydrogens is 279 g/mol. The van der Waals surface area contributed by atoms with Gasteiger partial charge in [0.15, 0.2) is 6.29 Å². The highest BCUT2D eigenvalue weighted by molar-refractivity contribution is 14.1. The third kappa shape index (κ3) is 1.88. The SMILES string of the molecule is O[C@@H]1[C@H](O)[C@H](O)O[C@H](CI)[C@H]1O. The first-order chi connectivity index (χ1) is 5.57. The minimum Gasteiger partial charge on any atom is -0.388 e. The predicted molar refractivity (Wildman–Crippen MR) is 47.8 cm³/mol. The molecular formula is C6H11IO5. The van der Waals surface area contributed by atoms with E-state index >= 15 is 0 Å². The van der Waals surface area contributed by atoms with Gasteiger partial charge in [0.1, 0.15) is 18.3 Å². The fourth-order valence-corrected chi connectivity index (χ4v) is 1.79. The summed E-state index contributed by atoms with van der Waals surface area (Å²) in [6.07, 6.45) is -5.95. The summed E-state index contributed by atoms with van der Waals surface area (Å²) < 4.78 is 5.26. The zero-order valence-electron chi connectivity index (χ0n) is 6.17. The topological polar surface area (TPSA) is 90.2 Å². The number of halogens is 1. The Labute approximate surface area is 83.1 Å². The average Bonchev–Trinajstić information content (AvgIpc) is 2.08. The zero-order chi connectivity index (χ0) is 9.30. The highest BCUT2D eigenvalue weighted by Gasteiger charge is 2.42. The minimum atomic E-state index is -1.43. The smallest absolute Gasteiger partial charge is 0.183 e. The van der Waals surface area contributed by atoms with E-state index in [2.05, 4.69) is 0 Å². The van der Waals surface area contributed by atoms with Gasteiger partial charge in [-0.3, -0.25) is 0 Å². The molecule has 0 bridgehead atoms. The van der Waals surface area contributed by atoms with E-state index in [4.69, 9.17) is 14.9 Å². The van der Waals surface area contributed by atoms with Crippen LogP contribution < -0.4 is 0 Å². The van der Waals surface area contributed by atoms with Crippen molar-refractivity contribution in [2.24, 2.45) is 0 Å². The summed E-state index contributed by atoms with van der Waals surface area (Å²) >= 11 is 1.96. The molecule has 1 saturated heterocycles. The van der Waals surface area contributed by atoms with Gasteiger partial charge in [-0.05, 0) is 0 Å². The molecule has 0 radical (unpaired) electrons. The second-order valence-electron chi connectivity index (χ2n) is 2.69. The normalized spacial score (nSPS) is 49.2. The Kier molecular flexibility index (Phi) is 3.68. The molecule has 4 N–H and O–H groups in total. The van der Waals surface area contributed by atoms with Crippen molar-refractivity contribution in [1.82, 2.24) is 0 Å². The van der Waals surface area contributed by atoms with Gasteiger partial charge in [-0.2, -0.15) is 0 Å². The highest BCUT2D eigenvalue weighted by Crippen LogP contribution is 2.20. The third-order valence-electron chi connectivity index (χ3n) is 1.84. The van der Waals surface area contributed by atoms with E-state index in [-0.39, 0.29) is 0 Å². The molecule has 1 aliphatic heterocycles. The maximum Gasteiger partial charge on any atom is 0.183 e. The van der Waals surface area contributed by atoms with Crippen molar-refractivity contribution in [2.75, 3.05) is 4.43 Å². The number of rotatable bonds is 1. The molecule has 1 fully saturated rings. The van der Waals surface area contributed by atoms with Gasteiger partial charge in [-0.1, -0.05) is 22.6 Å². The van der Waals surface area contributed by atoms with Gasteiger partial charge in [0.2, 0.25) is 0 Å². The van der Waals surface area contributed by atoms with Crippen molar-refractivity contribution < 1.29 is 25.2 Å². The molecule has 5 nitrogen and oxygen atoms in total. The molecule has 0 aromatic rings. The van der Waals surface area contributed by atoms with Crippen LogP contribution in [0, 0.1) is 0 Å². The summed E-state index contributed by atoms with van der Waals surface area (Å²) in [4.78, 5) is 0. The van der Waals surface area contributed by atoms with Crippen molar-refractivity contribution >= 4 is 22.6 Å². The lowest BCUT2D eigenvalue weighted by atomic mass is 10.0. The van der Waals surface area contributed by atoms with E-state index in [0.29, 0.717) is 4.43 Å². The monoisotopic (exact) mass is 290 g/mol. The lowest BCUT2D eigenvalue weighted by Crippen LogP contribution is -2.57. The van der Waals surface area contributed by atoms with Crippen molar-refractivity contribution in [3.8, 4) is 0 Å². The van der Waals surface area contributed by atoms with E-state index in [0.717, 1.165) is 0 Å². The van der Waals surface area contributed by atoms with Crippen molar-refractivity contribution in [2.45, 2.75) is 30.7 Å². The highest BCUT2D eigenvalue weighted by atomic mass is 127. The lowest BCUT2D eigenvalue weighted by Gasteiger charge is -2.37. The van der Waals surface area contributed by atoms with Gasteiger partial charge in [-0.15, -0.1) is 0 Å². The number of ether oxygens (including phenoxy) is 1. The van der Waals surface area contributed by atoms with E-state index in [1.54, 1.807) is 0 Å². The molecule has 5 atom stereocenters. The first-order valence-corrected chi connectivity index (χ1v) is 5.04. The summed E-state index contributed by atoms with van der Waals surface area (Å²) in [5, 5.41) is 36.5. The number of hydrogen-bond acceptors (Lipinski definition) is 5. The first-order valence-electron chi connectivity index (χ1n) is 3.51. The van der Waals surface area contributed by atoms with Crippen LogP contribution in [0.15, 0.2) is 0 Å². The van der Waals surface area contributed by atoms with E-state index in [1.807, 2.05) is 22.6 Å². The molecule has 0 spiro atoms. The molecule has 1 aliphatic rings. The molecule has 0 aromatic carbocycles. The third-order valence-corrected chi connectivity index (χ3v) is 2.71. The van der Waals surface area contributed by atoms with E-state index < -0.39 is 30.7 Å². The van der Waals surface area contributed by atoms with Gasteiger partial charge in [0.05, 0.1) is 6.10 Å². The molecule has 0 aromatic heterocycles. The Hall–Kier alpha value is 0.530. The standard InChI is InChI=1S/C6H11IO5/c7-1-2-3(8)4(9)5(10)6(11)12-2/h2-6,8-11H,1H2/t2-,3-,4+,5+,6-/m1/s1. The molecule has 0 saturated carbocycles. The number of aliphatic hydroxyl groups is 4. The van der Waals surface area contributed by atoms with Crippen molar-refractivity contribution in [3.63, 3.8) is 0 Å². The summed E-state index contributed by atoms with van der Waals surface area (Å²) in [5.74, 6) is 0. The van der Waals surface area contributed by atoms with Gasteiger partial charge in [0, 0.05) is 4.43 Å². The molecule has 12 heavy (non-hydrogen) atoms. The van der Waals surface area contributed by atoms with E-state index in [9.17, 15) is 10.2 Å². The predicted octanol–water partition coefficient (Wildman–Crippen LogP) is -1.78. The zero-order valence-corrected chi connectivity index (χ0v) is 8.33. The number of aliphatic hydroxyl groups excluding tert-OH is 4. The fourth-order valence-electron chi connectivity index (χ4n) is 1.06. The second kappa shape index (κ2) is 4.16. The maximum absolute atomic E-state index is 9.27.